The molecule has 1 aromatic carbocycles. The monoisotopic (exact) mass is 536 g/mol. The van der Waals surface area contributed by atoms with Gasteiger partial charge in [0.15, 0.2) is 5.78 Å². The van der Waals surface area contributed by atoms with Crippen LogP contribution >= 0.6 is 0 Å². The Morgan fingerprint density at radius 3 is 2.41 bits per heavy atom. The average molecular weight is 537 g/mol. The van der Waals surface area contributed by atoms with Crippen molar-refractivity contribution in [3.05, 3.63) is 59.8 Å². The van der Waals surface area contributed by atoms with Crippen molar-refractivity contribution in [2.45, 2.75) is 72.6 Å². The van der Waals surface area contributed by atoms with E-state index in [1.54, 1.807) is 45.1 Å². The maximum atomic E-state index is 14.5. The number of pyridine rings is 1. The minimum atomic E-state index is -0.620. The number of ketones is 1. The largest absolute Gasteiger partial charge is 0.444 e. The molecule has 0 spiro atoms. The molecule has 0 radical (unpaired) electrons. The topological polar surface area (TPSA) is 84.7 Å². The molecule has 39 heavy (non-hydrogen) atoms. The highest BCUT2D eigenvalue weighted by atomic mass is 19.1. The molecular formula is C30H37FN4O4. The molecule has 0 saturated carbocycles. The third-order valence-corrected chi connectivity index (χ3v) is 6.88. The summed E-state index contributed by atoms with van der Waals surface area (Å²) in [4.78, 5) is 47.5. The van der Waals surface area contributed by atoms with Crippen LogP contribution in [0.25, 0.3) is 16.6 Å². The molecule has 9 heteroatoms. The van der Waals surface area contributed by atoms with Crippen LogP contribution in [0.3, 0.4) is 0 Å². The van der Waals surface area contributed by atoms with Gasteiger partial charge in [0, 0.05) is 54.4 Å². The number of aromatic nitrogens is 2. The Morgan fingerprint density at radius 2 is 1.77 bits per heavy atom. The Morgan fingerprint density at radius 1 is 1.08 bits per heavy atom. The maximum absolute atomic E-state index is 14.5. The lowest BCUT2D eigenvalue weighted by molar-refractivity contribution is 0.0289. The molecular weight excluding hydrogens is 499 g/mol. The number of ether oxygens (including phenoxy) is 1. The highest BCUT2D eigenvalue weighted by Gasteiger charge is 2.35. The van der Waals surface area contributed by atoms with Crippen LogP contribution in [0.5, 0.6) is 0 Å². The summed E-state index contributed by atoms with van der Waals surface area (Å²) < 4.78 is 21.7. The zero-order chi connectivity index (χ0) is 28.6. The van der Waals surface area contributed by atoms with Crippen LogP contribution in [0.4, 0.5) is 9.18 Å². The zero-order valence-corrected chi connectivity index (χ0v) is 23.7. The first-order valence-electron chi connectivity index (χ1n) is 13.4. The number of Topliss-reactive ketones (excluding diaryl/α,β-unsaturated/α-hetero) is 1. The molecule has 0 bridgehead atoms. The number of fused-ring (bicyclic) bond motifs is 1. The second-order valence-electron chi connectivity index (χ2n) is 11.6. The normalized spacial score (nSPS) is 15.8. The molecule has 1 aliphatic rings. The molecule has 1 atom stereocenters. The summed E-state index contributed by atoms with van der Waals surface area (Å²) in [6, 6.07) is 5.68. The van der Waals surface area contributed by atoms with Gasteiger partial charge in [0.1, 0.15) is 11.4 Å². The van der Waals surface area contributed by atoms with E-state index < -0.39 is 23.4 Å². The van der Waals surface area contributed by atoms with E-state index in [1.165, 1.54) is 12.1 Å². The first kappa shape index (κ1) is 28.3. The number of hydrogen-bond donors (Lipinski definition) is 0. The molecule has 1 aliphatic heterocycles. The van der Waals surface area contributed by atoms with Crippen LogP contribution in [-0.4, -0.2) is 67.9 Å². The van der Waals surface area contributed by atoms with Gasteiger partial charge in [-0.2, -0.15) is 0 Å². The van der Waals surface area contributed by atoms with Gasteiger partial charge in [-0.25, -0.2) is 9.18 Å². The predicted molar refractivity (Wildman–Crippen MR) is 148 cm³/mol. The molecule has 0 unspecified atom stereocenters. The number of nitrogens with zero attached hydrogens (tertiary/aromatic N) is 4. The van der Waals surface area contributed by atoms with E-state index in [-0.39, 0.29) is 35.9 Å². The summed E-state index contributed by atoms with van der Waals surface area (Å²) >= 11 is 0. The van der Waals surface area contributed by atoms with Crippen molar-refractivity contribution in [1.82, 2.24) is 19.4 Å². The van der Waals surface area contributed by atoms with Crippen molar-refractivity contribution in [3.8, 4) is 5.69 Å². The number of amides is 2. The molecule has 0 N–H and O–H groups in total. The fourth-order valence-corrected chi connectivity index (χ4v) is 5.25. The van der Waals surface area contributed by atoms with Gasteiger partial charge in [0.2, 0.25) is 0 Å². The standard InChI is InChI=1S/C30H37FN4O4/c1-18(2)35(19(3)4)28(37)23-14-21(31)8-9-25(23)34-17-24(22-10-12-32-15-26(22)34)27(36)20-11-13-33(16-20)29(38)39-30(5,6)7/h8-10,12,14-15,17-20H,11,13,16H2,1-7H3/t20-/m0/s1. The van der Waals surface area contributed by atoms with E-state index >= 15 is 0 Å². The summed E-state index contributed by atoms with van der Waals surface area (Å²) in [5.41, 5.74) is 1.14. The number of hydrogen-bond acceptors (Lipinski definition) is 5. The molecule has 8 nitrogen and oxygen atoms in total. The SMILES string of the molecule is CC(C)N(C(=O)c1cc(F)ccc1-n1cc(C(=O)[C@H]2CCN(C(=O)OC(C)(C)C)C2)c2ccncc21)C(C)C. The quantitative estimate of drug-likeness (QED) is 0.368. The molecule has 2 amide bonds. The molecule has 3 heterocycles. The van der Waals surface area contributed by atoms with Gasteiger partial charge in [0.25, 0.3) is 5.91 Å². The Balaban J connectivity index is 1.73. The first-order chi connectivity index (χ1) is 18.3. The van der Waals surface area contributed by atoms with Crippen LogP contribution in [0.1, 0.15) is 75.6 Å². The molecule has 0 aliphatic carbocycles. The van der Waals surface area contributed by atoms with E-state index in [0.29, 0.717) is 35.1 Å². The molecule has 208 valence electrons. The van der Waals surface area contributed by atoms with Gasteiger partial charge in [-0.05, 0) is 79.2 Å². The molecule has 1 fully saturated rings. The molecule has 3 aromatic rings. The van der Waals surface area contributed by atoms with Gasteiger partial charge < -0.3 is 19.1 Å². The Labute approximate surface area is 228 Å². The Hall–Kier alpha value is -3.75. The summed E-state index contributed by atoms with van der Waals surface area (Å²) in [5, 5.41) is 0.679. The van der Waals surface area contributed by atoms with Crippen LogP contribution < -0.4 is 0 Å². The lowest BCUT2D eigenvalue weighted by Crippen LogP contribution is -2.42. The lowest BCUT2D eigenvalue weighted by atomic mass is 9.97. The lowest BCUT2D eigenvalue weighted by Gasteiger charge is -2.31. The minimum Gasteiger partial charge on any atom is -0.444 e. The van der Waals surface area contributed by atoms with Crippen LogP contribution in [-0.2, 0) is 4.74 Å². The third-order valence-electron chi connectivity index (χ3n) is 6.88. The van der Waals surface area contributed by atoms with Crippen molar-refractivity contribution in [2.24, 2.45) is 5.92 Å². The summed E-state index contributed by atoms with van der Waals surface area (Å²) in [6.07, 6.45) is 5.03. The van der Waals surface area contributed by atoms with Crippen molar-refractivity contribution < 1.29 is 23.5 Å². The van der Waals surface area contributed by atoms with Crippen LogP contribution in [0, 0.1) is 11.7 Å². The first-order valence-corrected chi connectivity index (χ1v) is 13.4. The zero-order valence-electron chi connectivity index (χ0n) is 23.7. The van der Waals surface area contributed by atoms with E-state index in [9.17, 15) is 18.8 Å². The summed E-state index contributed by atoms with van der Waals surface area (Å²) in [7, 11) is 0. The fourth-order valence-electron chi connectivity index (χ4n) is 5.25. The smallest absolute Gasteiger partial charge is 0.410 e. The second kappa shape index (κ2) is 10.8. The highest BCUT2D eigenvalue weighted by Crippen LogP contribution is 2.31. The number of halogens is 1. The van der Waals surface area contributed by atoms with Crippen molar-refractivity contribution >= 4 is 28.7 Å². The van der Waals surface area contributed by atoms with E-state index in [2.05, 4.69) is 4.98 Å². The van der Waals surface area contributed by atoms with E-state index in [1.807, 2.05) is 48.5 Å². The van der Waals surface area contributed by atoms with Crippen LogP contribution in [0.15, 0.2) is 42.9 Å². The van der Waals surface area contributed by atoms with Gasteiger partial charge in [-0.3, -0.25) is 14.6 Å². The molecule has 1 saturated heterocycles. The molecule has 2 aromatic heterocycles. The van der Waals surface area contributed by atoms with Crippen LogP contribution in [0.2, 0.25) is 0 Å². The van der Waals surface area contributed by atoms with Crippen molar-refractivity contribution in [2.75, 3.05) is 13.1 Å². The number of likely N-dealkylation sites (tertiary alicyclic amines) is 1. The van der Waals surface area contributed by atoms with Crippen molar-refractivity contribution in [1.29, 1.82) is 0 Å². The molecule has 4 rings (SSSR count). The fraction of sp³-hybridized carbons (Fsp3) is 0.467. The Kier molecular flexibility index (Phi) is 7.82. The van der Waals surface area contributed by atoms with Gasteiger partial charge >= 0.3 is 6.09 Å². The predicted octanol–water partition coefficient (Wildman–Crippen LogP) is 5.86. The average Bonchev–Trinajstić information content (AvgIpc) is 3.48. The number of benzene rings is 1. The number of carbonyl (C=O) groups excluding carboxylic acids is 3. The second-order valence-corrected chi connectivity index (χ2v) is 11.6. The summed E-state index contributed by atoms with van der Waals surface area (Å²) in [5.74, 6) is -1.31. The van der Waals surface area contributed by atoms with Crippen molar-refractivity contribution in [3.63, 3.8) is 0 Å². The number of rotatable bonds is 6. The minimum absolute atomic E-state index is 0.0934. The van der Waals surface area contributed by atoms with E-state index in [0.717, 1.165) is 0 Å². The maximum Gasteiger partial charge on any atom is 0.410 e. The highest BCUT2D eigenvalue weighted by molar-refractivity contribution is 6.10. The van der Waals surface area contributed by atoms with Gasteiger partial charge in [-0.15, -0.1) is 0 Å². The summed E-state index contributed by atoms with van der Waals surface area (Å²) in [6.45, 7) is 13.8. The number of carbonyl (C=O) groups is 3. The van der Waals surface area contributed by atoms with E-state index in [4.69, 9.17) is 4.74 Å². The third kappa shape index (κ3) is 5.82. The van der Waals surface area contributed by atoms with Gasteiger partial charge in [0.05, 0.1) is 23.0 Å². The van der Waals surface area contributed by atoms with Gasteiger partial charge in [-0.1, -0.05) is 0 Å². The Bertz CT molecular complexity index is 1400.